The van der Waals surface area contributed by atoms with E-state index in [1.165, 1.54) is 49.8 Å². The Balaban J connectivity index is 1.86. The number of hydrogen-bond donors (Lipinski definition) is 2. The molecule has 0 spiro atoms. The van der Waals surface area contributed by atoms with Crippen molar-refractivity contribution in [3.63, 3.8) is 0 Å². The lowest BCUT2D eigenvalue weighted by molar-refractivity contribution is 0.254. The van der Waals surface area contributed by atoms with Crippen molar-refractivity contribution in [3.8, 4) is 11.1 Å². The highest BCUT2D eigenvalue weighted by Gasteiger charge is 2.22. The Morgan fingerprint density at radius 2 is 1.83 bits per heavy atom. The number of halogens is 1. The van der Waals surface area contributed by atoms with Gasteiger partial charge in [0.05, 0.1) is 10.4 Å². The average molecular weight is 424 g/mol. The zero-order chi connectivity index (χ0) is 21.3. The summed E-state index contributed by atoms with van der Waals surface area (Å²) < 4.78 is 41.4. The predicted molar refractivity (Wildman–Crippen MR) is 112 cm³/mol. The smallest absolute Gasteiger partial charge is 0.320 e. The third-order valence-corrected chi connectivity index (χ3v) is 6.26. The molecule has 0 unspecified atom stereocenters. The van der Waals surface area contributed by atoms with Crippen LogP contribution in [0.2, 0.25) is 0 Å². The Morgan fingerprint density at radius 1 is 1.07 bits per heavy atom. The van der Waals surface area contributed by atoms with Gasteiger partial charge >= 0.3 is 6.03 Å². The van der Waals surface area contributed by atoms with E-state index < -0.39 is 21.9 Å². The minimum atomic E-state index is -3.93. The Bertz CT molecular complexity index is 1330. The van der Waals surface area contributed by atoms with Gasteiger partial charge < -0.3 is 5.32 Å². The van der Waals surface area contributed by atoms with Gasteiger partial charge in [-0.05, 0) is 42.5 Å². The highest BCUT2D eigenvalue weighted by molar-refractivity contribution is 7.90. The summed E-state index contributed by atoms with van der Waals surface area (Å²) in [5.74, 6) is -0.204. The lowest BCUT2D eigenvalue weighted by Gasteiger charge is -2.07. The van der Waals surface area contributed by atoms with Crippen LogP contribution < -0.4 is 10.6 Å². The van der Waals surface area contributed by atoms with E-state index >= 15 is 0 Å². The number of carbonyl (C=O) groups excluding carboxylic acids is 1. The van der Waals surface area contributed by atoms with Crippen LogP contribution in [0.4, 0.5) is 15.0 Å². The maximum absolute atomic E-state index is 14.0. The van der Waals surface area contributed by atoms with Crippen molar-refractivity contribution in [2.45, 2.75) is 4.90 Å². The number of urea groups is 1. The van der Waals surface area contributed by atoms with Gasteiger partial charge in [-0.2, -0.15) is 0 Å². The molecule has 0 saturated heterocycles. The molecule has 0 aliphatic carbocycles. The summed E-state index contributed by atoms with van der Waals surface area (Å²) in [6, 6.07) is 14.8. The molecule has 0 aliphatic rings. The Kier molecular flexibility index (Phi) is 4.96. The lowest BCUT2D eigenvalue weighted by atomic mass is 10.1. The maximum Gasteiger partial charge on any atom is 0.320 e. The van der Waals surface area contributed by atoms with Gasteiger partial charge in [-0.3, -0.25) is 5.32 Å². The lowest BCUT2D eigenvalue weighted by Crippen LogP contribution is -2.24. The first-order valence-electron chi connectivity index (χ1n) is 8.96. The molecule has 0 atom stereocenters. The van der Waals surface area contributed by atoms with Gasteiger partial charge in [-0.25, -0.2) is 26.6 Å². The number of benzene rings is 2. The first-order chi connectivity index (χ1) is 14.4. The summed E-state index contributed by atoms with van der Waals surface area (Å²) in [4.78, 5) is 15.7. The molecule has 0 bridgehead atoms. The van der Waals surface area contributed by atoms with Crippen LogP contribution in [0.1, 0.15) is 0 Å². The molecule has 7 nitrogen and oxygen atoms in total. The third kappa shape index (κ3) is 3.50. The summed E-state index contributed by atoms with van der Waals surface area (Å²) in [6.45, 7) is 0. The molecule has 30 heavy (non-hydrogen) atoms. The maximum atomic E-state index is 14.0. The molecule has 2 heterocycles. The summed E-state index contributed by atoms with van der Waals surface area (Å²) in [5, 5.41) is 5.54. The van der Waals surface area contributed by atoms with E-state index in [0.717, 1.165) is 3.97 Å². The monoisotopic (exact) mass is 424 g/mol. The topological polar surface area (TPSA) is 93.1 Å². The zero-order valence-electron chi connectivity index (χ0n) is 15.8. The molecular formula is C21H17FN4O3S. The van der Waals surface area contributed by atoms with E-state index in [-0.39, 0.29) is 10.4 Å². The van der Waals surface area contributed by atoms with Crippen LogP contribution in [-0.2, 0) is 10.0 Å². The summed E-state index contributed by atoms with van der Waals surface area (Å²) >= 11 is 0. The molecule has 4 aromatic rings. The summed E-state index contributed by atoms with van der Waals surface area (Å²) in [7, 11) is -2.44. The summed E-state index contributed by atoms with van der Waals surface area (Å²) in [6.07, 6.45) is 2.97. The van der Waals surface area contributed by atoms with Gasteiger partial charge in [0.2, 0.25) is 0 Å². The molecule has 2 amide bonds. The van der Waals surface area contributed by atoms with Gasteiger partial charge in [0.25, 0.3) is 10.0 Å². The first kappa shape index (κ1) is 19.6. The number of carbonyl (C=O) groups is 1. The second-order valence-corrected chi connectivity index (χ2v) is 8.27. The quantitative estimate of drug-likeness (QED) is 0.521. The van der Waals surface area contributed by atoms with Gasteiger partial charge in [-0.15, -0.1) is 0 Å². The van der Waals surface area contributed by atoms with Crippen molar-refractivity contribution in [1.29, 1.82) is 0 Å². The number of rotatable bonds is 4. The van der Waals surface area contributed by atoms with Crippen molar-refractivity contribution in [3.05, 3.63) is 78.9 Å². The number of aromatic nitrogens is 2. The van der Waals surface area contributed by atoms with Crippen LogP contribution in [0.25, 0.3) is 22.0 Å². The standard InChI is InChI=1S/C21H17FN4O3S/c1-23-21(27)25-20-10-7-14(12-24-20)18-13-26(19-11-15(22)8-9-17(18)19)30(28,29)16-5-3-2-4-6-16/h2-13H,1H3,(H2,23,24,25,27). The van der Waals surface area contributed by atoms with E-state index in [1.807, 2.05) is 0 Å². The third-order valence-electron chi connectivity index (χ3n) is 4.58. The molecule has 0 radical (unpaired) electrons. The van der Waals surface area contributed by atoms with Crippen molar-refractivity contribution in [1.82, 2.24) is 14.3 Å². The average Bonchev–Trinajstić information content (AvgIpc) is 3.14. The number of nitrogens with one attached hydrogen (secondary N) is 2. The van der Waals surface area contributed by atoms with Crippen LogP contribution in [-0.4, -0.2) is 30.5 Å². The van der Waals surface area contributed by atoms with Crippen LogP contribution in [0, 0.1) is 5.82 Å². The predicted octanol–water partition coefficient (Wildman–Crippen LogP) is 3.83. The van der Waals surface area contributed by atoms with Gasteiger partial charge in [0.15, 0.2) is 0 Å². The van der Waals surface area contributed by atoms with Crippen LogP contribution in [0.15, 0.2) is 78.0 Å². The Hall–Kier alpha value is -3.72. The number of fused-ring (bicyclic) bond motifs is 1. The largest absolute Gasteiger partial charge is 0.341 e. The molecule has 152 valence electrons. The Labute approximate surface area is 172 Å². The molecule has 0 fully saturated rings. The fourth-order valence-electron chi connectivity index (χ4n) is 3.11. The number of hydrogen-bond acceptors (Lipinski definition) is 4. The minimum Gasteiger partial charge on any atom is -0.341 e. The second kappa shape index (κ2) is 7.60. The van der Waals surface area contributed by atoms with Gasteiger partial charge in [0.1, 0.15) is 11.6 Å². The van der Waals surface area contributed by atoms with Crippen LogP contribution in [0.5, 0.6) is 0 Å². The molecule has 0 aliphatic heterocycles. The number of amides is 2. The normalized spacial score (nSPS) is 11.4. The SMILES string of the molecule is CNC(=O)Nc1ccc(-c2cn(S(=O)(=O)c3ccccc3)c3cc(F)ccc23)cn1. The molecule has 2 aromatic carbocycles. The fourth-order valence-corrected chi connectivity index (χ4v) is 4.49. The first-order valence-corrected chi connectivity index (χ1v) is 10.4. The molecule has 0 saturated carbocycles. The van der Waals surface area contributed by atoms with Crippen molar-refractivity contribution >= 4 is 32.8 Å². The van der Waals surface area contributed by atoms with Crippen molar-refractivity contribution in [2.75, 3.05) is 12.4 Å². The van der Waals surface area contributed by atoms with Crippen molar-refractivity contribution in [2.24, 2.45) is 0 Å². The number of nitrogens with zero attached hydrogens (tertiary/aromatic N) is 2. The molecule has 9 heteroatoms. The van der Waals surface area contributed by atoms with Gasteiger partial charge in [0, 0.05) is 36.0 Å². The van der Waals surface area contributed by atoms with Crippen molar-refractivity contribution < 1.29 is 17.6 Å². The molecule has 2 N–H and O–H groups in total. The molecular weight excluding hydrogens is 407 g/mol. The van der Waals surface area contributed by atoms with E-state index in [9.17, 15) is 17.6 Å². The van der Waals surface area contributed by atoms with E-state index in [1.54, 1.807) is 30.3 Å². The molecule has 4 rings (SSSR count). The highest BCUT2D eigenvalue weighted by Crippen LogP contribution is 2.33. The molecule has 2 aromatic heterocycles. The fraction of sp³-hybridized carbons (Fsp3) is 0.0476. The van der Waals surface area contributed by atoms with E-state index in [4.69, 9.17) is 0 Å². The number of anilines is 1. The Morgan fingerprint density at radius 3 is 2.50 bits per heavy atom. The zero-order valence-corrected chi connectivity index (χ0v) is 16.7. The number of pyridine rings is 1. The van der Waals surface area contributed by atoms with Gasteiger partial charge in [-0.1, -0.05) is 18.2 Å². The second-order valence-electron chi connectivity index (χ2n) is 6.45. The van der Waals surface area contributed by atoms with E-state index in [0.29, 0.717) is 22.3 Å². The van der Waals surface area contributed by atoms with E-state index in [2.05, 4.69) is 15.6 Å². The van der Waals surface area contributed by atoms with Crippen LogP contribution >= 0.6 is 0 Å². The minimum absolute atomic E-state index is 0.0981. The highest BCUT2D eigenvalue weighted by atomic mass is 32.2. The summed E-state index contributed by atoms with van der Waals surface area (Å²) in [5.41, 5.74) is 1.42. The van der Waals surface area contributed by atoms with Crippen LogP contribution in [0.3, 0.4) is 0 Å².